The highest BCUT2D eigenvalue weighted by atomic mass is 79.9. The number of aromatic hydroxyl groups is 1. The van der Waals surface area contributed by atoms with Crippen LogP contribution >= 0.6 is 43.6 Å². The van der Waals surface area contributed by atoms with Gasteiger partial charge in [0.15, 0.2) is 5.17 Å². The molecule has 0 saturated heterocycles. The van der Waals surface area contributed by atoms with Gasteiger partial charge in [-0.1, -0.05) is 58.0 Å². The third-order valence-electron chi connectivity index (χ3n) is 2.64. The number of thioether (sulfide) groups is 1. The molecule has 0 spiro atoms. The zero-order valence-electron chi connectivity index (χ0n) is 11.4. The van der Waals surface area contributed by atoms with Crippen molar-refractivity contribution in [3.05, 3.63) is 62.5 Å². The van der Waals surface area contributed by atoms with Crippen molar-refractivity contribution in [2.24, 2.45) is 15.9 Å². The second-order valence-electron chi connectivity index (χ2n) is 4.28. The molecule has 0 aliphatic heterocycles. The fourth-order valence-corrected chi connectivity index (χ4v) is 3.46. The second kappa shape index (κ2) is 8.36. The van der Waals surface area contributed by atoms with E-state index in [1.807, 2.05) is 30.3 Å². The lowest BCUT2D eigenvalue weighted by Crippen LogP contribution is -2.06. The van der Waals surface area contributed by atoms with Crippen LogP contribution in [0.5, 0.6) is 5.75 Å². The van der Waals surface area contributed by atoms with Gasteiger partial charge in [0.05, 0.1) is 10.7 Å². The molecular formula is C15H13Br2N3OS. The molecule has 0 unspecified atom stereocenters. The topological polar surface area (TPSA) is 71.0 Å². The van der Waals surface area contributed by atoms with Crippen molar-refractivity contribution in [3.8, 4) is 5.75 Å². The number of halogens is 2. The van der Waals surface area contributed by atoms with Crippen molar-refractivity contribution >= 4 is 55.0 Å². The van der Waals surface area contributed by atoms with Crippen LogP contribution in [0.15, 0.2) is 61.6 Å². The second-order valence-corrected chi connectivity index (χ2v) is 7.05. The Hall–Kier alpha value is -1.31. The van der Waals surface area contributed by atoms with Crippen molar-refractivity contribution in [2.45, 2.75) is 5.75 Å². The predicted octanol–water partition coefficient (Wildman–Crippen LogP) is 4.50. The molecule has 0 amide bonds. The molecule has 3 N–H and O–H groups in total. The van der Waals surface area contributed by atoms with Gasteiger partial charge in [0.25, 0.3) is 0 Å². The van der Waals surface area contributed by atoms with Crippen LogP contribution in [0.25, 0.3) is 0 Å². The molecule has 2 rings (SSSR count). The van der Waals surface area contributed by atoms with Gasteiger partial charge in [0.1, 0.15) is 5.75 Å². The van der Waals surface area contributed by atoms with Gasteiger partial charge < -0.3 is 10.8 Å². The van der Waals surface area contributed by atoms with Gasteiger partial charge in [0, 0.05) is 15.8 Å². The van der Waals surface area contributed by atoms with Gasteiger partial charge in [-0.05, 0) is 33.6 Å². The van der Waals surface area contributed by atoms with Crippen LogP contribution in [0.2, 0.25) is 0 Å². The first-order chi connectivity index (χ1) is 10.6. The third-order valence-corrected chi connectivity index (χ3v) is 4.56. The Kier molecular flexibility index (Phi) is 6.48. The molecule has 22 heavy (non-hydrogen) atoms. The summed E-state index contributed by atoms with van der Waals surface area (Å²) < 4.78 is 1.41. The molecular weight excluding hydrogens is 430 g/mol. The number of hydrogen-bond donors (Lipinski definition) is 2. The summed E-state index contributed by atoms with van der Waals surface area (Å²) in [6.45, 7) is 0. The van der Waals surface area contributed by atoms with Crippen molar-refractivity contribution in [1.29, 1.82) is 0 Å². The molecule has 0 aliphatic carbocycles. The Morgan fingerprint density at radius 3 is 2.68 bits per heavy atom. The minimum absolute atomic E-state index is 0.109. The normalized spacial score (nSPS) is 12.0. The monoisotopic (exact) mass is 441 g/mol. The number of nitrogens with zero attached hydrogens (tertiary/aromatic N) is 2. The molecule has 2 aromatic carbocycles. The molecule has 0 saturated carbocycles. The van der Waals surface area contributed by atoms with E-state index in [4.69, 9.17) is 5.73 Å². The zero-order valence-corrected chi connectivity index (χ0v) is 15.4. The highest BCUT2D eigenvalue weighted by Crippen LogP contribution is 2.30. The van der Waals surface area contributed by atoms with Gasteiger partial charge in [-0.15, -0.1) is 5.10 Å². The van der Waals surface area contributed by atoms with Crippen LogP contribution in [0.1, 0.15) is 11.1 Å². The lowest BCUT2D eigenvalue weighted by atomic mass is 10.2. The molecule has 0 heterocycles. The third kappa shape index (κ3) is 5.15. The maximum atomic E-state index is 9.90. The smallest absolute Gasteiger partial charge is 0.180 e. The summed E-state index contributed by atoms with van der Waals surface area (Å²) in [6, 6.07) is 13.5. The first-order valence-electron chi connectivity index (χ1n) is 6.27. The average molecular weight is 443 g/mol. The first-order valence-corrected chi connectivity index (χ1v) is 8.84. The average Bonchev–Trinajstić information content (AvgIpc) is 2.51. The van der Waals surface area contributed by atoms with Crippen LogP contribution < -0.4 is 5.73 Å². The van der Waals surface area contributed by atoms with Crippen LogP contribution in [0, 0.1) is 0 Å². The summed E-state index contributed by atoms with van der Waals surface area (Å²) in [5.74, 6) is 0.844. The lowest BCUT2D eigenvalue weighted by Gasteiger charge is -2.02. The van der Waals surface area contributed by atoms with Gasteiger partial charge in [0.2, 0.25) is 0 Å². The van der Waals surface area contributed by atoms with E-state index < -0.39 is 0 Å². The Bertz CT molecular complexity index is 705. The van der Waals surface area contributed by atoms with E-state index >= 15 is 0 Å². The largest absolute Gasteiger partial charge is 0.506 e. The SMILES string of the molecule is NC(=NN=Cc1cc(Br)cc(Br)c1O)SCc1ccccc1. The molecule has 4 nitrogen and oxygen atoms in total. The van der Waals surface area contributed by atoms with Crippen LogP contribution in [0.3, 0.4) is 0 Å². The summed E-state index contributed by atoms with van der Waals surface area (Å²) in [7, 11) is 0. The summed E-state index contributed by atoms with van der Waals surface area (Å²) in [5, 5.41) is 18.1. The highest BCUT2D eigenvalue weighted by Gasteiger charge is 2.05. The van der Waals surface area contributed by atoms with E-state index in [-0.39, 0.29) is 5.75 Å². The number of hydrogen-bond acceptors (Lipinski definition) is 4. The fourth-order valence-electron chi connectivity index (χ4n) is 1.59. The Balaban J connectivity index is 1.98. The molecule has 0 bridgehead atoms. The quantitative estimate of drug-likeness (QED) is 0.416. The van der Waals surface area contributed by atoms with Crippen LogP contribution in [-0.2, 0) is 5.75 Å². The minimum atomic E-state index is 0.109. The number of phenolic OH excluding ortho intramolecular Hbond substituents is 1. The molecule has 0 radical (unpaired) electrons. The number of benzene rings is 2. The van der Waals surface area contributed by atoms with Crippen molar-refractivity contribution in [2.75, 3.05) is 0 Å². The van der Waals surface area contributed by atoms with E-state index in [0.717, 1.165) is 10.2 Å². The Morgan fingerprint density at radius 2 is 1.95 bits per heavy atom. The maximum absolute atomic E-state index is 9.90. The van der Waals surface area contributed by atoms with Gasteiger partial charge in [-0.25, -0.2) is 0 Å². The molecule has 7 heteroatoms. The minimum Gasteiger partial charge on any atom is -0.506 e. The number of phenols is 1. The zero-order chi connectivity index (χ0) is 15.9. The van der Waals surface area contributed by atoms with E-state index in [1.54, 1.807) is 12.1 Å². The first kappa shape index (κ1) is 17.1. The van der Waals surface area contributed by atoms with Crippen molar-refractivity contribution < 1.29 is 5.11 Å². The summed E-state index contributed by atoms with van der Waals surface area (Å²) in [6.07, 6.45) is 1.46. The van der Waals surface area contributed by atoms with Gasteiger partial charge >= 0.3 is 0 Å². The number of amidine groups is 1. The standard InChI is InChI=1S/C15H13Br2N3OS/c16-12-6-11(14(21)13(17)7-12)8-19-20-15(18)22-9-10-4-2-1-3-5-10/h1-8,21H,9H2,(H2,18,20). The summed E-state index contributed by atoms with van der Waals surface area (Å²) in [5.41, 5.74) is 7.52. The highest BCUT2D eigenvalue weighted by molar-refractivity contribution is 9.11. The van der Waals surface area contributed by atoms with E-state index in [2.05, 4.69) is 42.1 Å². The molecule has 2 aromatic rings. The summed E-state index contributed by atoms with van der Waals surface area (Å²) >= 11 is 8.02. The van der Waals surface area contributed by atoms with Crippen LogP contribution in [-0.4, -0.2) is 16.5 Å². The Labute approximate surface area is 149 Å². The fraction of sp³-hybridized carbons (Fsp3) is 0.0667. The maximum Gasteiger partial charge on any atom is 0.180 e. The number of rotatable bonds is 4. The van der Waals surface area contributed by atoms with Crippen LogP contribution in [0.4, 0.5) is 0 Å². The van der Waals surface area contributed by atoms with Gasteiger partial charge in [-0.2, -0.15) is 5.10 Å². The van der Waals surface area contributed by atoms with Gasteiger partial charge in [-0.3, -0.25) is 0 Å². The van der Waals surface area contributed by atoms with Crippen molar-refractivity contribution in [1.82, 2.24) is 0 Å². The summed E-state index contributed by atoms with van der Waals surface area (Å²) in [4.78, 5) is 0. The molecule has 0 fully saturated rings. The molecule has 0 aliphatic rings. The molecule has 114 valence electrons. The molecule has 0 aromatic heterocycles. The number of nitrogens with two attached hydrogens (primary N) is 1. The molecule has 0 atom stereocenters. The van der Waals surface area contributed by atoms with Crippen molar-refractivity contribution in [3.63, 3.8) is 0 Å². The van der Waals surface area contributed by atoms with E-state index in [0.29, 0.717) is 15.2 Å². The lowest BCUT2D eigenvalue weighted by molar-refractivity contribution is 0.471. The Morgan fingerprint density at radius 1 is 1.23 bits per heavy atom. The van der Waals surface area contributed by atoms with E-state index in [9.17, 15) is 5.11 Å². The van der Waals surface area contributed by atoms with E-state index in [1.165, 1.54) is 23.5 Å². The predicted molar refractivity (Wildman–Crippen MR) is 100 cm³/mol.